The summed E-state index contributed by atoms with van der Waals surface area (Å²) in [5.41, 5.74) is 3.68. The highest BCUT2D eigenvalue weighted by atomic mass is 79.9. The Morgan fingerprint density at radius 2 is 1.95 bits per heavy atom. The SMILES string of the molecule is O=C(NC1CC1c1ccccc1)N1CCCC(CNc2cc(-c3ccccc3Cl)nc3c(Br)cnn23)C1. The number of benzene rings is 2. The van der Waals surface area contributed by atoms with Crippen LogP contribution >= 0.6 is 27.5 Å². The van der Waals surface area contributed by atoms with Gasteiger partial charge in [-0.3, -0.25) is 0 Å². The second kappa shape index (κ2) is 10.3. The minimum Gasteiger partial charge on any atom is -0.370 e. The van der Waals surface area contributed by atoms with Gasteiger partial charge in [0.05, 0.1) is 16.4 Å². The summed E-state index contributed by atoms with van der Waals surface area (Å²) in [7, 11) is 0. The second-order valence-corrected chi connectivity index (χ2v) is 11.1. The minimum atomic E-state index is 0.0523. The van der Waals surface area contributed by atoms with Gasteiger partial charge in [-0.1, -0.05) is 60.1 Å². The van der Waals surface area contributed by atoms with Crippen LogP contribution in [-0.4, -0.2) is 51.2 Å². The fourth-order valence-corrected chi connectivity index (χ4v) is 5.79. The predicted octanol–water partition coefficient (Wildman–Crippen LogP) is 6.20. The van der Waals surface area contributed by atoms with Crippen molar-refractivity contribution in [1.82, 2.24) is 24.8 Å². The molecule has 0 bridgehead atoms. The molecular weight excluding hydrogens is 552 g/mol. The first-order chi connectivity index (χ1) is 18.1. The zero-order valence-corrected chi connectivity index (χ0v) is 22.6. The molecule has 3 atom stereocenters. The first kappa shape index (κ1) is 24.2. The molecule has 1 aliphatic heterocycles. The number of amides is 2. The summed E-state index contributed by atoms with van der Waals surface area (Å²) >= 11 is 10.0. The van der Waals surface area contributed by atoms with E-state index >= 15 is 0 Å². The fourth-order valence-electron chi connectivity index (χ4n) is 5.21. The molecule has 2 amide bonds. The summed E-state index contributed by atoms with van der Waals surface area (Å²) < 4.78 is 2.62. The van der Waals surface area contributed by atoms with Crippen LogP contribution in [0, 0.1) is 5.92 Å². The number of fused-ring (bicyclic) bond motifs is 1. The van der Waals surface area contributed by atoms with Crippen molar-refractivity contribution in [3.8, 4) is 11.3 Å². The highest BCUT2D eigenvalue weighted by molar-refractivity contribution is 9.10. The average Bonchev–Trinajstić information content (AvgIpc) is 3.60. The van der Waals surface area contributed by atoms with E-state index in [0.29, 0.717) is 16.9 Å². The second-order valence-electron chi connectivity index (χ2n) is 9.88. The number of halogens is 2. The third-order valence-corrected chi connectivity index (χ3v) is 8.17. The van der Waals surface area contributed by atoms with E-state index in [0.717, 1.165) is 66.1 Å². The number of nitrogens with zero attached hydrogens (tertiary/aromatic N) is 4. The Morgan fingerprint density at radius 1 is 1.14 bits per heavy atom. The molecule has 2 aliphatic rings. The Balaban J connectivity index is 1.12. The molecule has 4 aromatic rings. The lowest BCUT2D eigenvalue weighted by Crippen LogP contribution is -2.47. The van der Waals surface area contributed by atoms with Crippen molar-refractivity contribution >= 4 is 45.0 Å². The monoisotopic (exact) mass is 578 g/mol. The van der Waals surface area contributed by atoms with Gasteiger partial charge in [0.2, 0.25) is 0 Å². The van der Waals surface area contributed by atoms with Crippen LogP contribution in [0.25, 0.3) is 16.9 Å². The molecule has 1 saturated heterocycles. The summed E-state index contributed by atoms with van der Waals surface area (Å²) in [6.45, 7) is 2.27. The van der Waals surface area contributed by atoms with Gasteiger partial charge < -0.3 is 15.5 Å². The molecule has 3 heterocycles. The van der Waals surface area contributed by atoms with Gasteiger partial charge in [0.15, 0.2) is 5.65 Å². The molecule has 1 aliphatic carbocycles. The molecule has 2 aromatic carbocycles. The maximum atomic E-state index is 13.0. The quantitative estimate of drug-likeness (QED) is 0.285. The topological polar surface area (TPSA) is 74.6 Å². The van der Waals surface area contributed by atoms with Crippen molar-refractivity contribution in [2.75, 3.05) is 25.0 Å². The molecule has 0 spiro atoms. The Hall–Kier alpha value is -3.10. The number of piperidine rings is 1. The molecule has 37 heavy (non-hydrogen) atoms. The third kappa shape index (κ3) is 5.18. The molecule has 7 nitrogen and oxygen atoms in total. The van der Waals surface area contributed by atoms with Crippen LogP contribution in [-0.2, 0) is 0 Å². The van der Waals surface area contributed by atoms with Gasteiger partial charge in [-0.25, -0.2) is 9.78 Å². The number of rotatable bonds is 6. The number of nitrogens with one attached hydrogen (secondary N) is 2. The summed E-state index contributed by atoms with van der Waals surface area (Å²) in [6.07, 6.45) is 4.83. The number of carbonyl (C=O) groups is 1. The van der Waals surface area contributed by atoms with E-state index in [1.807, 2.05) is 41.3 Å². The third-order valence-electron chi connectivity index (χ3n) is 7.28. The van der Waals surface area contributed by atoms with Crippen LogP contribution in [0.1, 0.15) is 30.7 Å². The van der Waals surface area contributed by atoms with Gasteiger partial charge in [-0.15, -0.1) is 0 Å². The van der Waals surface area contributed by atoms with Gasteiger partial charge in [0.1, 0.15) is 5.82 Å². The first-order valence-electron chi connectivity index (χ1n) is 12.7. The Labute approximate surface area is 229 Å². The van der Waals surface area contributed by atoms with Crippen LogP contribution in [0.15, 0.2) is 71.3 Å². The van der Waals surface area contributed by atoms with E-state index in [4.69, 9.17) is 16.6 Å². The number of anilines is 1. The van der Waals surface area contributed by atoms with Crippen LogP contribution in [0.3, 0.4) is 0 Å². The minimum absolute atomic E-state index is 0.0523. The standard InChI is InChI=1S/C28H28BrClN6O/c29-22-16-32-36-26(14-25(33-27(22)36)20-10-4-5-11-23(20)30)31-15-18-7-6-12-35(17-18)28(37)34-24-13-21(24)19-8-2-1-3-9-19/h1-5,8-11,14,16,18,21,24,31H,6-7,12-13,15,17H2,(H,34,37). The maximum absolute atomic E-state index is 13.0. The largest absolute Gasteiger partial charge is 0.370 e. The molecule has 1 saturated carbocycles. The molecule has 0 radical (unpaired) electrons. The lowest BCUT2D eigenvalue weighted by atomic mass is 9.98. The van der Waals surface area contributed by atoms with Gasteiger partial charge in [-0.2, -0.15) is 9.61 Å². The Kier molecular flexibility index (Phi) is 6.78. The van der Waals surface area contributed by atoms with E-state index in [1.165, 1.54) is 5.56 Å². The predicted molar refractivity (Wildman–Crippen MR) is 150 cm³/mol. The summed E-state index contributed by atoms with van der Waals surface area (Å²) in [6, 6.07) is 20.4. The number of aromatic nitrogens is 3. The van der Waals surface area contributed by atoms with Gasteiger partial charge >= 0.3 is 6.03 Å². The summed E-state index contributed by atoms with van der Waals surface area (Å²) in [4.78, 5) is 19.8. The Morgan fingerprint density at radius 3 is 2.78 bits per heavy atom. The first-order valence-corrected chi connectivity index (χ1v) is 13.9. The van der Waals surface area contributed by atoms with Crippen molar-refractivity contribution < 1.29 is 4.79 Å². The van der Waals surface area contributed by atoms with Gasteiger partial charge in [0.25, 0.3) is 0 Å². The molecular formula is C28H28BrClN6O. The highest BCUT2D eigenvalue weighted by Gasteiger charge is 2.40. The lowest BCUT2D eigenvalue weighted by Gasteiger charge is -2.33. The van der Waals surface area contributed by atoms with E-state index in [2.05, 4.69) is 55.9 Å². The molecule has 2 fully saturated rings. The molecule has 9 heteroatoms. The van der Waals surface area contributed by atoms with Crippen molar-refractivity contribution in [1.29, 1.82) is 0 Å². The molecule has 2 N–H and O–H groups in total. The zero-order valence-electron chi connectivity index (χ0n) is 20.3. The number of hydrogen-bond acceptors (Lipinski definition) is 4. The zero-order chi connectivity index (χ0) is 25.4. The number of hydrogen-bond donors (Lipinski definition) is 2. The van der Waals surface area contributed by atoms with Crippen LogP contribution in [0.5, 0.6) is 0 Å². The summed E-state index contributed by atoms with van der Waals surface area (Å²) in [5.74, 6) is 1.62. The Bertz CT molecular complexity index is 1430. The summed E-state index contributed by atoms with van der Waals surface area (Å²) in [5, 5.41) is 12.0. The number of urea groups is 1. The molecule has 6 rings (SSSR count). The molecule has 190 valence electrons. The lowest BCUT2D eigenvalue weighted by molar-refractivity contribution is 0.167. The normalized spacial score (nSPS) is 21.1. The van der Waals surface area contributed by atoms with Crippen LogP contribution < -0.4 is 10.6 Å². The molecule has 3 unspecified atom stereocenters. The van der Waals surface area contributed by atoms with Crippen LogP contribution in [0.4, 0.5) is 10.6 Å². The van der Waals surface area contributed by atoms with Crippen molar-refractivity contribution in [2.24, 2.45) is 5.92 Å². The van der Waals surface area contributed by atoms with Crippen molar-refractivity contribution in [3.05, 3.63) is 81.9 Å². The van der Waals surface area contributed by atoms with Gasteiger partial charge in [0, 0.05) is 48.2 Å². The average molecular weight is 580 g/mol. The maximum Gasteiger partial charge on any atom is 0.317 e. The smallest absolute Gasteiger partial charge is 0.317 e. The highest BCUT2D eigenvalue weighted by Crippen LogP contribution is 2.40. The fraction of sp³-hybridized carbons (Fsp3) is 0.321. The van der Waals surface area contributed by atoms with Gasteiger partial charge in [-0.05, 0) is 52.7 Å². The van der Waals surface area contributed by atoms with E-state index in [9.17, 15) is 4.79 Å². The molecule has 2 aromatic heterocycles. The van der Waals surface area contributed by atoms with E-state index < -0.39 is 0 Å². The number of carbonyl (C=O) groups excluding carboxylic acids is 1. The van der Waals surface area contributed by atoms with E-state index in [1.54, 1.807) is 10.7 Å². The van der Waals surface area contributed by atoms with Crippen LogP contribution in [0.2, 0.25) is 5.02 Å². The van der Waals surface area contributed by atoms with E-state index in [-0.39, 0.29) is 12.1 Å². The van der Waals surface area contributed by atoms with Crippen molar-refractivity contribution in [2.45, 2.75) is 31.2 Å². The number of likely N-dealkylation sites (tertiary alicyclic amines) is 1. The van der Waals surface area contributed by atoms with Crippen molar-refractivity contribution in [3.63, 3.8) is 0 Å².